The zero-order chi connectivity index (χ0) is 22.1. The average molecular weight is 432 g/mol. The molecule has 0 spiro atoms. The molecule has 2 N–H and O–H groups in total. The first-order valence-electron chi connectivity index (χ1n) is 9.62. The van der Waals surface area contributed by atoms with E-state index in [1.54, 1.807) is 13.1 Å². The van der Waals surface area contributed by atoms with Crippen molar-refractivity contribution in [1.82, 2.24) is 29.1 Å². The maximum atomic E-state index is 13.3. The molecule has 1 aliphatic heterocycles. The van der Waals surface area contributed by atoms with Crippen LogP contribution in [0.1, 0.15) is 29.6 Å². The van der Waals surface area contributed by atoms with Crippen molar-refractivity contribution < 1.29 is 19.3 Å². The number of halogens is 1. The van der Waals surface area contributed by atoms with E-state index in [1.807, 2.05) is 0 Å². The van der Waals surface area contributed by atoms with Crippen LogP contribution in [0.4, 0.5) is 4.39 Å². The van der Waals surface area contributed by atoms with Gasteiger partial charge in [0.1, 0.15) is 23.8 Å². The summed E-state index contributed by atoms with van der Waals surface area (Å²) in [6.45, 7) is 1.23. The summed E-state index contributed by atoms with van der Waals surface area (Å²) in [5.41, 5.74) is -0.00986. The van der Waals surface area contributed by atoms with Crippen LogP contribution in [0.25, 0.3) is 0 Å². The topological polar surface area (TPSA) is 137 Å². The van der Waals surface area contributed by atoms with E-state index in [9.17, 15) is 24.2 Å². The highest BCUT2D eigenvalue weighted by Crippen LogP contribution is 2.27. The molecule has 3 atom stereocenters. The predicted octanol–water partition coefficient (Wildman–Crippen LogP) is -0.819. The Kier molecular flexibility index (Phi) is 5.76. The molecule has 1 saturated heterocycles. The molecule has 1 fully saturated rings. The fraction of sp³-hybridized carbons (Fsp3) is 0.421. The molecule has 0 aromatic carbocycles. The van der Waals surface area contributed by atoms with Crippen LogP contribution in [0, 0.1) is 12.7 Å². The van der Waals surface area contributed by atoms with Crippen LogP contribution in [0.15, 0.2) is 40.3 Å². The number of hydrogen-bond donors (Lipinski definition) is 2. The standard InChI is InChI=1S/C19H21FN6O5/c1-11-6-25(17-5-15(28)16(10-27)31-17)19(30)26(18(11)29)9-14-8-24(23-22-14)7-13-4-12(20)2-3-21-13/h2-4,6,8,15-17,27-28H,5,7,9-10H2,1H3/t15-,16?,17?/m0/s1. The first kappa shape index (κ1) is 21.0. The Labute approximate surface area is 175 Å². The molecule has 164 valence electrons. The normalized spacial score (nSPS) is 21.0. The van der Waals surface area contributed by atoms with E-state index < -0.39 is 35.5 Å². The van der Waals surface area contributed by atoms with Gasteiger partial charge in [-0.15, -0.1) is 5.10 Å². The first-order chi connectivity index (χ1) is 14.9. The minimum Gasteiger partial charge on any atom is -0.394 e. The number of pyridine rings is 1. The van der Waals surface area contributed by atoms with Crippen molar-refractivity contribution in [3.05, 3.63) is 74.3 Å². The summed E-state index contributed by atoms with van der Waals surface area (Å²) in [5, 5.41) is 27.2. The lowest BCUT2D eigenvalue weighted by molar-refractivity contribution is -0.0463. The number of ether oxygens (including phenoxy) is 1. The van der Waals surface area contributed by atoms with E-state index in [0.717, 1.165) is 4.57 Å². The second kappa shape index (κ2) is 8.49. The van der Waals surface area contributed by atoms with E-state index in [-0.39, 0.29) is 26.1 Å². The molecule has 2 unspecified atom stereocenters. The van der Waals surface area contributed by atoms with Crippen LogP contribution in [0.5, 0.6) is 0 Å². The van der Waals surface area contributed by atoms with Crippen molar-refractivity contribution in [2.45, 2.75) is 44.9 Å². The van der Waals surface area contributed by atoms with Gasteiger partial charge in [0.05, 0.1) is 37.7 Å². The molecule has 4 rings (SSSR count). The molecular weight excluding hydrogens is 411 g/mol. The molecule has 0 radical (unpaired) electrons. The molecule has 0 aliphatic carbocycles. The predicted molar refractivity (Wildman–Crippen MR) is 104 cm³/mol. The molecule has 12 heteroatoms. The third-order valence-corrected chi connectivity index (χ3v) is 5.07. The van der Waals surface area contributed by atoms with Crippen LogP contribution >= 0.6 is 0 Å². The summed E-state index contributed by atoms with van der Waals surface area (Å²) >= 11 is 0. The van der Waals surface area contributed by atoms with Gasteiger partial charge in [-0.1, -0.05) is 5.21 Å². The Morgan fingerprint density at radius 2 is 2.06 bits per heavy atom. The smallest absolute Gasteiger partial charge is 0.333 e. The molecule has 1 aliphatic rings. The lowest BCUT2D eigenvalue weighted by atomic mass is 10.2. The van der Waals surface area contributed by atoms with Gasteiger partial charge in [-0.2, -0.15) is 0 Å². The summed E-state index contributed by atoms with van der Waals surface area (Å²) in [7, 11) is 0. The summed E-state index contributed by atoms with van der Waals surface area (Å²) in [6.07, 6.45) is 1.86. The highest BCUT2D eigenvalue weighted by atomic mass is 19.1. The van der Waals surface area contributed by atoms with Gasteiger partial charge in [-0.05, 0) is 19.1 Å². The van der Waals surface area contributed by atoms with Gasteiger partial charge in [0, 0.05) is 24.4 Å². The maximum absolute atomic E-state index is 13.3. The maximum Gasteiger partial charge on any atom is 0.333 e. The summed E-state index contributed by atoms with van der Waals surface area (Å²) < 4.78 is 22.5. The van der Waals surface area contributed by atoms with E-state index in [1.165, 1.54) is 33.8 Å². The van der Waals surface area contributed by atoms with E-state index >= 15 is 0 Å². The number of aliphatic hydroxyl groups excluding tert-OH is 2. The van der Waals surface area contributed by atoms with Gasteiger partial charge in [0.15, 0.2) is 0 Å². The molecular formula is C19H21FN6O5. The van der Waals surface area contributed by atoms with Crippen LogP contribution < -0.4 is 11.2 Å². The number of hydrogen-bond acceptors (Lipinski definition) is 8. The van der Waals surface area contributed by atoms with Crippen molar-refractivity contribution in [2.75, 3.05) is 6.61 Å². The summed E-state index contributed by atoms with van der Waals surface area (Å²) in [4.78, 5) is 29.6. The largest absolute Gasteiger partial charge is 0.394 e. The van der Waals surface area contributed by atoms with Crippen LogP contribution in [-0.4, -0.2) is 58.1 Å². The van der Waals surface area contributed by atoms with Gasteiger partial charge in [0.2, 0.25) is 0 Å². The van der Waals surface area contributed by atoms with Crippen LogP contribution in [0.2, 0.25) is 0 Å². The zero-order valence-corrected chi connectivity index (χ0v) is 16.6. The summed E-state index contributed by atoms with van der Waals surface area (Å²) in [6, 6.07) is 2.52. The fourth-order valence-corrected chi connectivity index (χ4v) is 3.51. The van der Waals surface area contributed by atoms with E-state index in [0.29, 0.717) is 17.0 Å². The number of aryl methyl sites for hydroxylation is 1. The number of rotatable bonds is 6. The number of aliphatic hydroxyl groups is 2. The van der Waals surface area contributed by atoms with Gasteiger partial charge in [0.25, 0.3) is 5.56 Å². The Bertz CT molecular complexity index is 1200. The SMILES string of the molecule is Cc1cn(C2C[C@H](O)C(CO)O2)c(=O)n(Cc2cn(Cc3cc(F)ccn3)nn2)c1=O. The van der Waals surface area contributed by atoms with Gasteiger partial charge in [-0.25, -0.2) is 13.9 Å². The van der Waals surface area contributed by atoms with E-state index in [4.69, 9.17) is 4.74 Å². The molecule has 0 saturated carbocycles. The Morgan fingerprint density at radius 1 is 1.26 bits per heavy atom. The highest BCUT2D eigenvalue weighted by molar-refractivity contribution is 5.08. The third kappa shape index (κ3) is 4.31. The zero-order valence-electron chi connectivity index (χ0n) is 16.6. The minimum atomic E-state index is -0.918. The van der Waals surface area contributed by atoms with Crippen LogP contribution in [0.3, 0.4) is 0 Å². The summed E-state index contributed by atoms with van der Waals surface area (Å²) in [5.74, 6) is -0.417. The molecule has 0 bridgehead atoms. The second-order valence-electron chi connectivity index (χ2n) is 7.38. The van der Waals surface area contributed by atoms with Gasteiger partial charge < -0.3 is 14.9 Å². The van der Waals surface area contributed by atoms with Gasteiger partial charge in [-0.3, -0.25) is 18.9 Å². The Hall–Kier alpha value is -3.22. The highest BCUT2D eigenvalue weighted by Gasteiger charge is 2.35. The third-order valence-electron chi connectivity index (χ3n) is 5.07. The van der Waals surface area contributed by atoms with Crippen molar-refractivity contribution in [2.24, 2.45) is 0 Å². The number of aromatic nitrogens is 6. The Morgan fingerprint density at radius 3 is 2.77 bits per heavy atom. The first-order valence-corrected chi connectivity index (χ1v) is 9.62. The van der Waals surface area contributed by atoms with Crippen molar-refractivity contribution in [1.29, 1.82) is 0 Å². The van der Waals surface area contributed by atoms with Gasteiger partial charge >= 0.3 is 5.69 Å². The molecule has 0 amide bonds. The Balaban J connectivity index is 1.59. The average Bonchev–Trinajstić information content (AvgIpc) is 3.33. The van der Waals surface area contributed by atoms with Crippen LogP contribution in [-0.2, 0) is 17.8 Å². The molecule has 11 nitrogen and oxygen atoms in total. The second-order valence-corrected chi connectivity index (χ2v) is 7.38. The monoisotopic (exact) mass is 432 g/mol. The number of nitrogens with zero attached hydrogens (tertiary/aromatic N) is 6. The molecule has 3 aromatic rings. The van der Waals surface area contributed by atoms with Crippen molar-refractivity contribution in [3.63, 3.8) is 0 Å². The molecule has 4 heterocycles. The molecule has 31 heavy (non-hydrogen) atoms. The van der Waals surface area contributed by atoms with Crippen molar-refractivity contribution >= 4 is 0 Å². The van der Waals surface area contributed by atoms with Crippen molar-refractivity contribution in [3.8, 4) is 0 Å². The van der Waals surface area contributed by atoms with E-state index in [2.05, 4.69) is 15.3 Å². The lowest BCUT2D eigenvalue weighted by Gasteiger charge is -2.17. The fourth-order valence-electron chi connectivity index (χ4n) is 3.51. The quantitative estimate of drug-likeness (QED) is 0.516. The minimum absolute atomic E-state index is 0.111. The molecule has 3 aromatic heterocycles. The lowest BCUT2D eigenvalue weighted by Crippen LogP contribution is -2.42.